The molecule has 1 rings (SSSR count). The summed E-state index contributed by atoms with van der Waals surface area (Å²) in [4.78, 5) is 43.1. The fourth-order valence-electron chi connectivity index (χ4n) is 4.57. The highest BCUT2D eigenvalue weighted by Gasteiger charge is 2.44. The smallest absolute Gasteiger partial charge is 0.408 e. The molecule has 0 bridgehead atoms. The summed E-state index contributed by atoms with van der Waals surface area (Å²) in [6.07, 6.45) is 2.42. The van der Waals surface area contributed by atoms with Crippen LogP contribution in [0.25, 0.3) is 0 Å². The average Bonchev–Trinajstić information content (AvgIpc) is 2.79. The molecular formula is C31H53N3O4. The molecule has 4 unspecified atom stereocenters. The van der Waals surface area contributed by atoms with Crippen molar-refractivity contribution in [3.05, 3.63) is 34.9 Å². The Labute approximate surface area is 231 Å². The summed E-state index contributed by atoms with van der Waals surface area (Å²) in [6.45, 7) is 23.3. The Morgan fingerprint density at radius 3 is 2.05 bits per heavy atom. The van der Waals surface area contributed by atoms with Gasteiger partial charge < -0.3 is 20.3 Å². The van der Waals surface area contributed by atoms with E-state index in [9.17, 15) is 14.4 Å². The highest BCUT2D eigenvalue weighted by Crippen LogP contribution is 2.35. The van der Waals surface area contributed by atoms with E-state index in [1.54, 1.807) is 25.7 Å². The van der Waals surface area contributed by atoms with Crippen LogP contribution in [0.15, 0.2) is 18.2 Å². The molecule has 2 N–H and O–H groups in total. The zero-order chi connectivity index (χ0) is 29.4. The van der Waals surface area contributed by atoms with Crippen molar-refractivity contribution in [2.75, 3.05) is 0 Å². The molecule has 0 saturated carbocycles. The lowest BCUT2D eigenvalue weighted by Gasteiger charge is -2.45. The zero-order valence-electron chi connectivity index (χ0n) is 26.0. The summed E-state index contributed by atoms with van der Waals surface area (Å²) < 4.78 is 5.51. The highest BCUT2D eigenvalue weighted by molar-refractivity contribution is 5.93. The monoisotopic (exact) mass is 531 g/mol. The molecule has 216 valence electrons. The maximum atomic E-state index is 14.5. The van der Waals surface area contributed by atoms with Gasteiger partial charge in [0.05, 0.1) is 0 Å². The third-order valence-electron chi connectivity index (χ3n) is 7.24. The van der Waals surface area contributed by atoms with Crippen molar-refractivity contribution in [3.8, 4) is 0 Å². The van der Waals surface area contributed by atoms with Crippen LogP contribution in [-0.2, 0) is 14.3 Å². The third-order valence-corrected chi connectivity index (χ3v) is 7.24. The quantitative estimate of drug-likeness (QED) is 0.318. The molecule has 38 heavy (non-hydrogen) atoms. The van der Waals surface area contributed by atoms with Crippen LogP contribution in [0.4, 0.5) is 4.79 Å². The number of carbonyl (C=O) groups excluding carboxylic acids is 3. The van der Waals surface area contributed by atoms with Crippen LogP contribution >= 0.6 is 0 Å². The molecule has 3 amide bonds. The van der Waals surface area contributed by atoms with E-state index in [1.165, 1.54) is 0 Å². The second kappa shape index (κ2) is 14.0. The van der Waals surface area contributed by atoms with Gasteiger partial charge in [0.1, 0.15) is 17.7 Å². The second-order valence-electron chi connectivity index (χ2n) is 12.3. The maximum Gasteiger partial charge on any atom is 0.408 e. The van der Waals surface area contributed by atoms with E-state index >= 15 is 0 Å². The SMILES string of the molecule is CCCC(C)NC(=O)C(c1ccc(C)cc1C)N(C(=O)C(NC(=O)OC(C)(C)C)C(C)CC)C(C)(C)CC. The van der Waals surface area contributed by atoms with Crippen molar-refractivity contribution in [2.24, 2.45) is 5.92 Å². The largest absolute Gasteiger partial charge is 0.444 e. The number of ether oxygens (including phenoxy) is 1. The van der Waals surface area contributed by atoms with Gasteiger partial charge in [-0.25, -0.2) is 4.79 Å². The molecule has 0 heterocycles. The van der Waals surface area contributed by atoms with Crippen LogP contribution in [0.3, 0.4) is 0 Å². The summed E-state index contributed by atoms with van der Waals surface area (Å²) in [5.74, 6) is -0.680. The first-order valence-corrected chi connectivity index (χ1v) is 14.2. The van der Waals surface area contributed by atoms with Gasteiger partial charge in [0.15, 0.2) is 0 Å². The van der Waals surface area contributed by atoms with Crippen molar-refractivity contribution in [3.63, 3.8) is 0 Å². The van der Waals surface area contributed by atoms with Gasteiger partial charge in [0.2, 0.25) is 11.8 Å². The van der Waals surface area contributed by atoms with Crippen LogP contribution in [0.2, 0.25) is 0 Å². The number of hydrogen-bond acceptors (Lipinski definition) is 4. The number of carbonyl (C=O) groups is 3. The van der Waals surface area contributed by atoms with Gasteiger partial charge in [-0.2, -0.15) is 0 Å². The van der Waals surface area contributed by atoms with E-state index < -0.39 is 29.3 Å². The van der Waals surface area contributed by atoms with Gasteiger partial charge in [-0.05, 0) is 85.3 Å². The van der Waals surface area contributed by atoms with Gasteiger partial charge >= 0.3 is 6.09 Å². The van der Waals surface area contributed by atoms with Crippen molar-refractivity contribution in [1.29, 1.82) is 0 Å². The van der Waals surface area contributed by atoms with Crippen LogP contribution in [0.1, 0.15) is 118 Å². The second-order valence-corrected chi connectivity index (χ2v) is 12.3. The number of amides is 3. The first-order valence-electron chi connectivity index (χ1n) is 14.2. The van der Waals surface area contributed by atoms with E-state index in [2.05, 4.69) is 17.6 Å². The molecule has 0 radical (unpaired) electrons. The van der Waals surface area contributed by atoms with Crippen LogP contribution in [-0.4, -0.2) is 46.0 Å². The lowest BCUT2D eigenvalue weighted by Crippen LogP contribution is -2.61. The van der Waals surface area contributed by atoms with Crippen molar-refractivity contribution in [1.82, 2.24) is 15.5 Å². The molecule has 7 heteroatoms. The molecule has 0 aliphatic rings. The molecule has 4 atom stereocenters. The summed E-state index contributed by atoms with van der Waals surface area (Å²) in [7, 11) is 0. The molecule has 0 aliphatic carbocycles. The van der Waals surface area contributed by atoms with Gasteiger partial charge in [-0.15, -0.1) is 0 Å². The predicted molar refractivity (Wildman–Crippen MR) is 155 cm³/mol. The lowest BCUT2D eigenvalue weighted by atomic mass is 9.88. The maximum absolute atomic E-state index is 14.5. The first-order chi connectivity index (χ1) is 17.5. The van der Waals surface area contributed by atoms with Gasteiger partial charge in [0, 0.05) is 11.6 Å². The Hall–Kier alpha value is -2.57. The molecular weight excluding hydrogens is 478 g/mol. The number of alkyl carbamates (subject to hydrolysis) is 1. The number of nitrogens with one attached hydrogen (secondary N) is 2. The number of rotatable bonds is 12. The summed E-state index contributed by atoms with van der Waals surface area (Å²) in [5.41, 5.74) is 1.43. The Bertz CT molecular complexity index is 951. The van der Waals surface area contributed by atoms with Crippen molar-refractivity contribution < 1.29 is 19.1 Å². The van der Waals surface area contributed by atoms with Crippen LogP contribution < -0.4 is 10.6 Å². The Morgan fingerprint density at radius 1 is 0.974 bits per heavy atom. The Balaban J connectivity index is 3.75. The fraction of sp³-hybridized carbons (Fsp3) is 0.710. The summed E-state index contributed by atoms with van der Waals surface area (Å²) >= 11 is 0. The van der Waals surface area contributed by atoms with E-state index in [4.69, 9.17) is 4.74 Å². The fourth-order valence-corrected chi connectivity index (χ4v) is 4.57. The Morgan fingerprint density at radius 2 is 1.58 bits per heavy atom. The molecule has 0 aliphatic heterocycles. The topological polar surface area (TPSA) is 87.7 Å². The van der Waals surface area contributed by atoms with E-state index in [-0.39, 0.29) is 23.8 Å². The molecule has 0 aromatic heterocycles. The van der Waals surface area contributed by atoms with E-state index in [0.717, 1.165) is 29.5 Å². The van der Waals surface area contributed by atoms with Gasteiger partial charge in [-0.3, -0.25) is 9.59 Å². The van der Waals surface area contributed by atoms with Crippen molar-refractivity contribution in [2.45, 2.75) is 138 Å². The van der Waals surface area contributed by atoms with E-state index in [0.29, 0.717) is 12.8 Å². The number of benzene rings is 1. The molecule has 0 spiro atoms. The average molecular weight is 532 g/mol. The number of hydrogen-bond donors (Lipinski definition) is 2. The molecule has 0 fully saturated rings. The summed E-state index contributed by atoms with van der Waals surface area (Å²) in [5, 5.41) is 6.01. The molecule has 1 aromatic carbocycles. The standard InChI is InChI=1S/C31H53N3O4/c1-13-16-23(7)32-27(35)26(24-18-17-20(4)19-22(24)6)34(31(11,12)15-3)28(36)25(21(5)14-2)33-29(37)38-30(8,9)10/h17-19,21,23,25-26H,13-16H2,1-12H3,(H,32,35)(H,33,37). The van der Waals surface area contributed by atoms with E-state index in [1.807, 2.05) is 73.6 Å². The minimum atomic E-state index is -0.857. The van der Waals surface area contributed by atoms with Crippen molar-refractivity contribution >= 4 is 17.9 Å². The van der Waals surface area contributed by atoms with Gasteiger partial charge in [-0.1, -0.05) is 64.3 Å². The third kappa shape index (κ3) is 9.32. The normalized spacial score (nSPS) is 15.2. The zero-order valence-corrected chi connectivity index (χ0v) is 26.0. The van der Waals surface area contributed by atoms with Gasteiger partial charge in [0.25, 0.3) is 0 Å². The minimum absolute atomic E-state index is 0.0345. The lowest BCUT2D eigenvalue weighted by molar-refractivity contribution is -0.150. The van der Waals surface area contributed by atoms with Crippen LogP contribution in [0.5, 0.6) is 0 Å². The molecule has 1 aromatic rings. The molecule has 7 nitrogen and oxygen atoms in total. The van der Waals surface area contributed by atoms with Crippen LogP contribution in [0, 0.1) is 19.8 Å². The summed E-state index contributed by atoms with van der Waals surface area (Å²) in [6, 6.07) is 4.22. The minimum Gasteiger partial charge on any atom is -0.444 e. The highest BCUT2D eigenvalue weighted by atomic mass is 16.6. The Kier molecular flexibility index (Phi) is 12.3. The predicted octanol–water partition coefficient (Wildman–Crippen LogP) is 6.61. The number of nitrogens with zero attached hydrogens (tertiary/aromatic N) is 1. The molecule has 0 saturated heterocycles. The first kappa shape index (κ1) is 33.5. The number of aryl methyl sites for hydroxylation is 2.